The average Bonchev–Trinajstić information content (AvgIpc) is 3.31. The first-order valence-corrected chi connectivity index (χ1v) is 11.5. The molecule has 0 aliphatic rings. The van der Waals surface area contributed by atoms with E-state index in [-0.39, 0.29) is 11.3 Å². The molecule has 0 saturated carbocycles. The average molecular weight is 443 g/mol. The van der Waals surface area contributed by atoms with Crippen molar-refractivity contribution in [1.29, 1.82) is 0 Å². The van der Waals surface area contributed by atoms with Gasteiger partial charge in [-0.2, -0.15) is 5.10 Å². The molecular weight excluding hydrogens is 412 g/mol. The van der Waals surface area contributed by atoms with Gasteiger partial charge in [-0.25, -0.2) is 0 Å². The fraction of sp³-hybridized carbons (Fsp3) is 0.435. The molecule has 0 aliphatic heterocycles. The van der Waals surface area contributed by atoms with Crippen LogP contribution in [-0.2, 0) is 23.2 Å². The molecule has 7 heteroatoms. The van der Waals surface area contributed by atoms with Gasteiger partial charge < -0.3 is 5.32 Å². The molecular formula is C23H30N4OS2. The Morgan fingerprint density at radius 2 is 1.97 bits per heavy atom. The number of hydrogen-bond donors (Lipinski definition) is 2. The summed E-state index contributed by atoms with van der Waals surface area (Å²) >= 11 is 6.94. The number of hydrogen-bond acceptors (Lipinski definition) is 4. The maximum absolute atomic E-state index is 12.4. The third-order valence-electron chi connectivity index (χ3n) is 5.32. The van der Waals surface area contributed by atoms with Crippen LogP contribution in [0.25, 0.3) is 10.7 Å². The Balaban J connectivity index is 1.56. The van der Waals surface area contributed by atoms with Crippen molar-refractivity contribution >= 4 is 29.5 Å². The number of carbonyl (C=O) groups excluding carboxylic acids is 1. The molecule has 0 unspecified atom stereocenters. The number of rotatable bonds is 7. The molecule has 2 aromatic heterocycles. The van der Waals surface area contributed by atoms with Crippen LogP contribution in [0.5, 0.6) is 0 Å². The summed E-state index contributed by atoms with van der Waals surface area (Å²) in [5.74, 6) is 0.810. The Morgan fingerprint density at radius 3 is 2.57 bits per heavy atom. The third-order valence-corrected chi connectivity index (χ3v) is 6.50. The Bertz CT molecular complexity index is 1050. The molecule has 160 valence electrons. The summed E-state index contributed by atoms with van der Waals surface area (Å²) in [6, 6.07) is 8.53. The zero-order valence-electron chi connectivity index (χ0n) is 18.3. The van der Waals surface area contributed by atoms with Gasteiger partial charge >= 0.3 is 0 Å². The molecule has 1 amide bonds. The van der Waals surface area contributed by atoms with Crippen LogP contribution in [0.3, 0.4) is 0 Å². The summed E-state index contributed by atoms with van der Waals surface area (Å²) in [5.41, 5.74) is 5.39. The molecule has 5 nitrogen and oxygen atoms in total. The second kappa shape index (κ2) is 9.27. The number of nitrogens with zero attached hydrogens (tertiary/aromatic N) is 2. The maximum atomic E-state index is 12.4. The van der Waals surface area contributed by atoms with Gasteiger partial charge in [0, 0.05) is 19.5 Å². The first-order chi connectivity index (χ1) is 14.2. The van der Waals surface area contributed by atoms with Gasteiger partial charge in [-0.05, 0) is 71.6 Å². The van der Waals surface area contributed by atoms with Crippen LogP contribution in [0, 0.1) is 18.6 Å². The van der Waals surface area contributed by atoms with E-state index in [9.17, 15) is 4.79 Å². The molecule has 2 heterocycles. The summed E-state index contributed by atoms with van der Waals surface area (Å²) in [6.07, 6.45) is 1.20. The number of amides is 1. The number of aromatic amines is 1. The monoisotopic (exact) mass is 442 g/mol. The number of aromatic nitrogens is 3. The molecule has 0 spiro atoms. The van der Waals surface area contributed by atoms with Crippen LogP contribution in [0.4, 0.5) is 0 Å². The lowest BCUT2D eigenvalue weighted by Crippen LogP contribution is -2.27. The highest BCUT2D eigenvalue weighted by molar-refractivity contribution is 7.71. The topological polar surface area (TPSA) is 62.7 Å². The molecule has 0 radical (unpaired) electrons. The smallest absolute Gasteiger partial charge is 0.221 e. The van der Waals surface area contributed by atoms with E-state index < -0.39 is 0 Å². The van der Waals surface area contributed by atoms with E-state index in [1.807, 2.05) is 22.1 Å². The third kappa shape index (κ3) is 5.26. The number of nitrogens with one attached hydrogen (secondary N) is 2. The summed E-state index contributed by atoms with van der Waals surface area (Å²) in [4.78, 5) is 13.4. The molecule has 0 aliphatic carbocycles. The summed E-state index contributed by atoms with van der Waals surface area (Å²) in [5, 5.41) is 12.2. The zero-order valence-corrected chi connectivity index (χ0v) is 20.0. The van der Waals surface area contributed by atoms with Gasteiger partial charge in [0.25, 0.3) is 0 Å². The van der Waals surface area contributed by atoms with Crippen molar-refractivity contribution in [3.05, 3.63) is 56.7 Å². The summed E-state index contributed by atoms with van der Waals surface area (Å²) in [6.45, 7) is 12.2. The SMILES string of the molecule is Cc1cc(C(C)(C)C)cc(C)c1CCNC(=O)CCn1c(-c2cccs2)n[nH]c1=S. The van der Waals surface area contributed by atoms with Gasteiger partial charge in [-0.1, -0.05) is 39.0 Å². The van der Waals surface area contributed by atoms with Crippen LogP contribution >= 0.6 is 23.6 Å². The summed E-state index contributed by atoms with van der Waals surface area (Å²) < 4.78 is 2.43. The second-order valence-electron chi connectivity index (χ2n) is 8.67. The van der Waals surface area contributed by atoms with Crippen LogP contribution < -0.4 is 5.32 Å². The minimum absolute atomic E-state index is 0.0249. The Labute approximate surface area is 187 Å². The van der Waals surface area contributed by atoms with Crippen molar-refractivity contribution in [1.82, 2.24) is 20.1 Å². The van der Waals surface area contributed by atoms with Gasteiger partial charge in [0.1, 0.15) is 0 Å². The molecule has 1 aromatic carbocycles. The molecule has 0 bridgehead atoms. The van der Waals surface area contributed by atoms with Crippen molar-refractivity contribution in [3.8, 4) is 10.7 Å². The first-order valence-electron chi connectivity index (χ1n) is 10.2. The minimum atomic E-state index is 0.0249. The predicted octanol–water partition coefficient (Wildman–Crippen LogP) is 5.33. The molecule has 0 atom stereocenters. The van der Waals surface area contributed by atoms with E-state index in [4.69, 9.17) is 12.2 Å². The largest absolute Gasteiger partial charge is 0.356 e. The van der Waals surface area contributed by atoms with Crippen molar-refractivity contribution in [2.75, 3.05) is 6.54 Å². The van der Waals surface area contributed by atoms with Gasteiger partial charge in [0.15, 0.2) is 10.6 Å². The minimum Gasteiger partial charge on any atom is -0.356 e. The molecule has 3 rings (SSSR count). The van der Waals surface area contributed by atoms with Crippen LogP contribution in [0.1, 0.15) is 49.4 Å². The number of benzene rings is 1. The molecule has 2 N–H and O–H groups in total. The maximum Gasteiger partial charge on any atom is 0.221 e. The number of thiophene rings is 1. The lowest BCUT2D eigenvalue weighted by Gasteiger charge is -2.22. The van der Waals surface area contributed by atoms with Gasteiger partial charge in [-0.15, -0.1) is 11.3 Å². The highest BCUT2D eigenvalue weighted by Gasteiger charge is 2.16. The van der Waals surface area contributed by atoms with Crippen molar-refractivity contribution in [3.63, 3.8) is 0 Å². The molecule has 30 heavy (non-hydrogen) atoms. The van der Waals surface area contributed by atoms with Crippen LogP contribution in [0.15, 0.2) is 29.6 Å². The van der Waals surface area contributed by atoms with E-state index in [2.05, 4.69) is 62.3 Å². The van der Waals surface area contributed by atoms with E-state index in [1.165, 1.54) is 22.3 Å². The van der Waals surface area contributed by atoms with E-state index in [0.717, 1.165) is 17.1 Å². The van der Waals surface area contributed by atoms with Gasteiger partial charge in [-0.3, -0.25) is 14.5 Å². The first kappa shape index (κ1) is 22.4. The highest BCUT2D eigenvalue weighted by atomic mass is 32.1. The zero-order chi connectivity index (χ0) is 21.9. The van der Waals surface area contributed by atoms with E-state index >= 15 is 0 Å². The lowest BCUT2D eigenvalue weighted by atomic mass is 9.83. The fourth-order valence-electron chi connectivity index (χ4n) is 3.57. The van der Waals surface area contributed by atoms with Crippen molar-refractivity contribution in [2.24, 2.45) is 0 Å². The Morgan fingerprint density at radius 1 is 1.27 bits per heavy atom. The van der Waals surface area contributed by atoms with E-state index in [1.54, 1.807) is 11.3 Å². The molecule has 0 saturated heterocycles. The normalized spacial score (nSPS) is 11.6. The standard InChI is InChI=1S/C23H30N4OS2/c1-15-13-17(23(3,4)5)14-16(2)18(15)8-10-24-20(28)9-11-27-21(25-26-22(27)29)19-7-6-12-30-19/h6-7,12-14H,8-11H2,1-5H3,(H,24,28)(H,26,29). The molecule has 0 fully saturated rings. The Hall–Kier alpha value is -2.25. The predicted molar refractivity (Wildman–Crippen MR) is 127 cm³/mol. The number of H-pyrrole nitrogens is 1. The fourth-order valence-corrected chi connectivity index (χ4v) is 4.51. The highest BCUT2D eigenvalue weighted by Crippen LogP contribution is 2.27. The lowest BCUT2D eigenvalue weighted by molar-refractivity contribution is -0.121. The van der Waals surface area contributed by atoms with E-state index in [0.29, 0.717) is 24.3 Å². The number of carbonyl (C=O) groups is 1. The number of aryl methyl sites for hydroxylation is 2. The van der Waals surface area contributed by atoms with Crippen LogP contribution in [0.2, 0.25) is 0 Å². The second-order valence-corrected chi connectivity index (χ2v) is 10.0. The van der Waals surface area contributed by atoms with Crippen molar-refractivity contribution < 1.29 is 4.79 Å². The van der Waals surface area contributed by atoms with Gasteiger partial charge in [0.05, 0.1) is 4.88 Å². The van der Waals surface area contributed by atoms with Crippen LogP contribution in [-0.4, -0.2) is 27.2 Å². The van der Waals surface area contributed by atoms with Gasteiger partial charge in [0.2, 0.25) is 5.91 Å². The Kier molecular flexibility index (Phi) is 6.93. The summed E-state index contributed by atoms with van der Waals surface area (Å²) in [7, 11) is 0. The van der Waals surface area contributed by atoms with Crippen molar-refractivity contribution in [2.45, 2.75) is 59.4 Å². The molecule has 3 aromatic rings. The quantitative estimate of drug-likeness (QED) is 0.486.